The molecule has 0 radical (unpaired) electrons. The molecule has 0 fully saturated rings. The molecule has 18 heavy (non-hydrogen) atoms. The second-order valence-electron chi connectivity index (χ2n) is 5.10. The average molecular weight is 317 g/mol. The molecular formula is C13H18BrFN2O. The standard InChI is InChI=1S/C13H18BrFN2O/c1-13(2,3)16-7-6-12(18)17-11-8-9(15)4-5-10(11)14/h4-5,8,16H,6-7H2,1-3H3,(H,17,18). The van der Waals surface area contributed by atoms with Gasteiger partial charge in [0, 0.05) is 23.0 Å². The molecule has 3 nitrogen and oxygen atoms in total. The second-order valence-corrected chi connectivity index (χ2v) is 5.95. The van der Waals surface area contributed by atoms with E-state index in [0.29, 0.717) is 23.1 Å². The first-order chi connectivity index (χ1) is 8.28. The maximum Gasteiger partial charge on any atom is 0.225 e. The molecule has 0 saturated carbocycles. The third-order valence-electron chi connectivity index (χ3n) is 2.21. The molecule has 0 unspecified atom stereocenters. The lowest BCUT2D eigenvalue weighted by molar-refractivity contribution is -0.116. The fourth-order valence-electron chi connectivity index (χ4n) is 1.36. The van der Waals surface area contributed by atoms with Crippen molar-refractivity contribution in [2.75, 3.05) is 11.9 Å². The quantitative estimate of drug-likeness (QED) is 0.894. The first-order valence-corrected chi connectivity index (χ1v) is 6.57. The zero-order valence-electron chi connectivity index (χ0n) is 10.8. The molecule has 0 aliphatic heterocycles. The van der Waals surface area contributed by atoms with Crippen molar-refractivity contribution in [3.63, 3.8) is 0 Å². The van der Waals surface area contributed by atoms with E-state index in [4.69, 9.17) is 0 Å². The third-order valence-corrected chi connectivity index (χ3v) is 2.90. The number of hydrogen-bond acceptors (Lipinski definition) is 2. The van der Waals surface area contributed by atoms with E-state index in [0.717, 1.165) is 0 Å². The van der Waals surface area contributed by atoms with E-state index in [9.17, 15) is 9.18 Å². The maximum atomic E-state index is 13.0. The van der Waals surface area contributed by atoms with Gasteiger partial charge in [-0.2, -0.15) is 0 Å². The van der Waals surface area contributed by atoms with Crippen LogP contribution >= 0.6 is 15.9 Å². The van der Waals surface area contributed by atoms with Crippen molar-refractivity contribution in [2.24, 2.45) is 0 Å². The summed E-state index contributed by atoms with van der Waals surface area (Å²) in [5.41, 5.74) is 0.440. The second kappa shape index (κ2) is 6.29. The third kappa shape index (κ3) is 5.60. The number of carbonyl (C=O) groups is 1. The van der Waals surface area contributed by atoms with Gasteiger partial charge in [-0.25, -0.2) is 4.39 Å². The Labute approximate surface area is 115 Å². The van der Waals surface area contributed by atoms with Gasteiger partial charge in [-0.05, 0) is 54.9 Å². The molecule has 0 saturated heterocycles. The Morgan fingerprint density at radius 2 is 2.06 bits per heavy atom. The van der Waals surface area contributed by atoms with Gasteiger partial charge in [0.1, 0.15) is 5.82 Å². The van der Waals surface area contributed by atoms with Crippen molar-refractivity contribution in [3.8, 4) is 0 Å². The normalized spacial score (nSPS) is 11.4. The van der Waals surface area contributed by atoms with Crippen LogP contribution in [0.4, 0.5) is 10.1 Å². The molecular weight excluding hydrogens is 299 g/mol. The van der Waals surface area contributed by atoms with E-state index in [1.165, 1.54) is 12.1 Å². The summed E-state index contributed by atoms with van der Waals surface area (Å²) < 4.78 is 13.7. The number of benzene rings is 1. The highest BCUT2D eigenvalue weighted by Crippen LogP contribution is 2.23. The summed E-state index contributed by atoms with van der Waals surface area (Å²) in [6, 6.07) is 4.19. The zero-order chi connectivity index (χ0) is 13.8. The van der Waals surface area contributed by atoms with Crippen LogP contribution in [0.2, 0.25) is 0 Å². The number of amides is 1. The van der Waals surface area contributed by atoms with Crippen LogP contribution in [0.5, 0.6) is 0 Å². The molecule has 0 bridgehead atoms. The van der Waals surface area contributed by atoms with Crippen LogP contribution in [0.3, 0.4) is 0 Å². The number of halogens is 2. The predicted octanol–water partition coefficient (Wildman–Crippen LogP) is 3.30. The van der Waals surface area contributed by atoms with Crippen LogP contribution in [0.1, 0.15) is 27.2 Å². The summed E-state index contributed by atoms with van der Waals surface area (Å²) in [7, 11) is 0. The van der Waals surface area contributed by atoms with Crippen LogP contribution in [0, 0.1) is 5.82 Å². The highest BCUT2D eigenvalue weighted by atomic mass is 79.9. The topological polar surface area (TPSA) is 41.1 Å². The molecule has 1 amide bonds. The number of hydrogen-bond donors (Lipinski definition) is 2. The highest BCUT2D eigenvalue weighted by Gasteiger charge is 2.10. The van der Waals surface area contributed by atoms with Crippen LogP contribution in [0.15, 0.2) is 22.7 Å². The first kappa shape index (κ1) is 15.1. The molecule has 1 aromatic carbocycles. The SMILES string of the molecule is CC(C)(C)NCCC(=O)Nc1cc(F)ccc1Br. The number of rotatable bonds is 4. The monoisotopic (exact) mass is 316 g/mol. The van der Waals surface area contributed by atoms with Crippen molar-refractivity contribution in [1.29, 1.82) is 0 Å². The Morgan fingerprint density at radius 3 is 2.67 bits per heavy atom. The van der Waals surface area contributed by atoms with Crippen molar-refractivity contribution < 1.29 is 9.18 Å². The summed E-state index contributed by atoms with van der Waals surface area (Å²) >= 11 is 3.26. The Kier molecular flexibility index (Phi) is 5.28. The summed E-state index contributed by atoms with van der Waals surface area (Å²) in [5.74, 6) is -0.514. The summed E-state index contributed by atoms with van der Waals surface area (Å²) in [4.78, 5) is 11.7. The molecule has 0 spiro atoms. The lowest BCUT2D eigenvalue weighted by atomic mass is 10.1. The Hall–Kier alpha value is -0.940. The molecule has 1 rings (SSSR count). The number of anilines is 1. The summed E-state index contributed by atoms with van der Waals surface area (Å²) in [6.45, 7) is 6.69. The smallest absolute Gasteiger partial charge is 0.225 e. The molecule has 0 heterocycles. The van der Waals surface area contributed by atoms with Gasteiger partial charge in [-0.1, -0.05) is 0 Å². The summed E-state index contributed by atoms with van der Waals surface area (Å²) in [6.07, 6.45) is 0.347. The first-order valence-electron chi connectivity index (χ1n) is 5.78. The molecule has 0 aliphatic carbocycles. The summed E-state index contributed by atoms with van der Waals surface area (Å²) in [5, 5.41) is 5.89. The van der Waals surface area contributed by atoms with Gasteiger partial charge in [-0.3, -0.25) is 4.79 Å². The largest absolute Gasteiger partial charge is 0.325 e. The fourth-order valence-corrected chi connectivity index (χ4v) is 1.70. The minimum Gasteiger partial charge on any atom is -0.325 e. The van der Waals surface area contributed by atoms with Crippen molar-refractivity contribution in [1.82, 2.24) is 5.32 Å². The number of nitrogens with one attached hydrogen (secondary N) is 2. The van der Waals surface area contributed by atoms with Gasteiger partial charge in [0.15, 0.2) is 0 Å². The molecule has 5 heteroatoms. The number of carbonyl (C=O) groups excluding carboxylic acids is 1. The zero-order valence-corrected chi connectivity index (χ0v) is 12.4. The van der Waals surface area contributed by atoms with Crippen LogP contribution in [-0.2, 0) is 4.79 Å². The van der Waals surface area contributed by atoms with Crippen molar-refractivity contribution in [2.45, 2.75) is 32.7 Å². The van der Waals surface area contributed by atoms with Crippen LogP contribution < -0.4 is 10.6 Å². The maximum absolute atomic E-state index is 13.0. The van der Waals surface area contributed by atoms with E-state index >= 15 is 0 Å². The lowest BCUT2D eigenvalue weighted by Gasteiger charge is -2.20. The Bertz CT molecular complexity index is 429. The van der Waals surface area contributed by atoms with E-state index in [-0.39, 0.29) is 17.3 Å². The van der Waals surface area contributed by atoms with Crippen molar-refractivity contribution in [3.05, 3.63) is 28.5 Å². The van der Waals surface area contributed by atoms with Crippen molar-refractivity contribution >= 4 is 27.5 Å². The average Bonchev–Trinajstić information content (AvgIpc) is 2.21. The lowest BCUT2D eigenvalue weighted by Crippen LogP contribution is -2.37. The predicted molar refractivity (Wildman–Crippen MR) is 75.1 cm³/mol. The highest BCUT2D eigenvalue weighted by molar-refractivity contribution is 9.10. The van der Waals surface area contributed by atoms with Gasteiger partial charge < -0.3 is 10.6 Å². The molecule has 2 N–H and O–H groups in total. The Balaban J connectivity index is 2.47. The van der Waals surface area contributed by atoms with Gasteiger partial charge in [0.05, 0.1) is 5.69 Å². The van der Waals surface area contributed by atoms with Gasteiger partial charge in [-0.15, -0.1) is 0 Å². The van der Waals surface area contributed by atoms with E-state index in [1.54, 1.807) is 6.07 Å². The van der Waals surface area contributed by atoms with Crippen LogP contribution in [-0.4, -0.2) is 18.0 Å². The van der Waals surface area contributed by atoms with E-state index in [2.05, 4.69) is 26.6 Å². The van der Waals surface area contributed by atoms with Gasteiger partial charge in [0.25, 0.3) is 0 Å². The van der Waals surface area contributed by atoms with E-state index in [1.807, 2.05) is 20.8 Å². The van der Waals surface area contributed by atoms with Gasteiger partial charge in [0.2, 0.25) is 5.91 Å². The molecule has 100 valence electrons. The van der Waals surface area contributed by atoms with Crippen LogP contribution in [0.25, 0.3) is 0 Å². The molecule has 0 aromatic heterocycles. The molecule has 1 aromatic rings. The fraction of sp³-hybridized carbons (Fsp3) is 0.462. The minimum absolute atomic E-state index is 0.0142. The molecule has 0 aliphatic rings. The minimum atomic E-state index is -0.374. The van der Waals surface area contributed by atoms with E-state index < -0.39 is 0 Å². The van der Waals surface area contributed by atoms with Gasteiger partial charge >= 0.3 is 0 Å². The molecule has 0 atom stereocenters. The Morgan fingerprint density at radius 1 is 1.39 bits per heavy atom.